The number of guanidine groups is 1. The second-order valence-corrected chi connectivity index (χ2v) is 6.26. The number of amides is 1. The van der Waals surface area contributed by atoms with Crippen molar-refractivity contribution in [2.45, 2.75) is 58.0 Å². The molecule has 0 bridgehead atoms. The minimum absolute atomic E-state index is 0.133. The summed E-state index contributed by atoms with van der Waals surface area (Å²) in [4.78, 5) is 16.6. The smallest absolute Gasteiger partial charge is 0.221 e. The van der Waals surface area contributed by atoms with Gasteiger partial charge >= 0.3 is 0 Å². The second kappa shape index (κ2) is 10.7. The molecule has 0 unspecified atom stereocenters. The van der Waals surface area contributed by atoms with E-state index in [0.717, 1.165) is 25.3 Å². The Bertz CT molecular complexity index is 509. The minimum atomic E-state index is 0.133. The summed E-state index contributed by atoms with van der Waals surface area (Å²) in [5.74, 6) is 0.889. The topological polar surface area (TPSA) is 65.5 Å². The van der Waals surface area contributed by atoms with Crippen molar-refractivity contribution in [2.75, 3.05) is 13.1 Å². The van der Waals surface area contributed by atoms with Gasteiger partial charge in [0.25, 0.3) is 0 Å². The molecule has 1 aliphatic rings. The zero-order chi connectivity index (χ0) is 17.0. The molecule has 3 N–H and O–H groups in total. The highest BCUT2D eigenvalue weighted by Gasteiger charge is 2.15. The summed E-state index contributed by atoms with van der Waals surface area (Å²) >= 11 is 0. The van der Waals surface area contributed by atoms with Crippen LogP contribution in [0.4, 0.5) is 0 Å². The van der Waals surface area contributed by atoms with Crippen LogP contribution < -0.4 is 16.0 Å². The summed E-state index contributed by atoms with van der Waals surface area (Å²) in [5.41, 5.74) is 1.17. The fourth-order valence-corrected chi connectivity index (χ4v) is 2.94. The lowest BCUT2D eigenvalue weighted by Gasteiger charge is -2.22. The maximum atomic E-state index is 12.0. The van der Waals surface area contributed by atoms with E-state index in [0.29, 0.717) is 25.6 Å². The number of nitrogens with one attached hydrogen (secondary N) is 3. The van der Waals surface area contributed by atoms with Gasteiger partial charge in [-0.3, -0.25) is 4.79 Å². The summed E-state index contributed by atoms with van der Waals surface area (Å²) in [7, 11) is 0. The van der Waals surface area contributed by atoms with Gasteiger partial charge < -0.3 is 16.0 Å². The predicted octanol–water partition coefficient (Wildman–Crippen LogP) is 2.58. The average Bonchev–Trinajstić information content (AvgIpc) is 2.61. The van der Waals surface area contributed by atoms with Crippen LogP contribution in [-0.4, -0.2) is 31.0 Å². The van der Waals surface area contributed by atoms with Crippen molar-refractivity contribution in [3.63, 3.8) is 0 Å². The van der Waals surface area contributed by atoms with Gasteiger partial charge in [0.05, 0.1) is 6.54 Å². The third kappa shape index (κ3) is 7.02. The second-order valence-electron chi connectivity index (χ2n) is 6.26. The number of nitrogens with zero attached hydrogens (tertiary/aromatic N) is 1. The van der Waals surface area contributed by atoms with Crippen molar-refractivity contribution < 1.29 is 4.79 Å². The molecule has 132 valence electrons. The summed E-state index contributed by atoms with van der Waals surface area (Å²) in [5, 5.41) is 9.60. The molecule has 1 saturated carbocycles. The minimum Gasteiger partial charge on any atom is -0.357 e. The van der Waals surface area contributed by atoms with Crippen LogP contribution in [0.2, 0.25) is 0 Å². The van der Waals surface area contributed by atoms with Crippen LogP contribution in [0.3, 0.4) is 0 Å². The van der Waals surface area contributed by atoms with Crippen molar-refractivity contribution in [3.05, 3.63) is 35.9 Å². The zero-order valence-corrected chi connectivity index (χ0v) is 14.7. The lowest BCUT2D eigenvalue weighted by Crippen LogP contribution is -2.41. The molecule has 2 rings (SSSR count). The molecule has 0 aromatic heterocycles. The molecule has 0 heterocycles. The van der Waals surface area contributed by atoms with Gasteiger partial charge in [-0.05, 0) is 25.3 Å². The normalized spacial score (nSPS) is 15.8. The lowest BCUT2D eigenvalue weighted by atomic mass is 9.95. The first-order valence-electron chi connectivity index (χ1n) is 9.13. The van der Waals surface area contributed by atoms with Crippen LogP contribution in [0.25, 0.3) is 0 Å². The van der Waals surface area contributed by atoms with Crippen LogP contribution in [0, 0.1) is 0 Å². The standard InChI is InChI=1S/C19H30N4O/c1-2-20-19(22-15-16-9-5-3-6-10-16)21-14-13-18(24)23-17-11-7-4-8-12-17/h3,5-6,9-10,17H,2,4,7-8,11-15H2,1H3,(H,23,24)(H2,20,21,22). The first kappa shape index (κ1) is 18.3. The molecular formula is C19H30N4O. The van der Waals surface area contributed by atoms with Gasteiger partial charge in [0.2, 0.25) is 5.91 Å². The molecule has 0 saturated heterocycles. The number of hydrogen-bond donors (Lipinski definition) is 3. The number of hydrogen-bond acceptors (Lipinski definition) is 2. The molecule has 24 heavy (non-hydrogen) atoms. The first-order valence-corrected chi connectivity index (χ1v) is 9.13. The van der Waals surface area contributed by atoms with Gasteiger partial charge in [0.15, 0.2) is 5.96 Å². The Morgan fingerprint density at radius 1 is 1.12 bits per heavy atom. The highest BCUT2D eigenvalue weighted by Crippen LogP contribution is 2.17. The molecule has 1 amide bonds. The summed E-state index contributed by atoms with van der Waals surface area (Å²) in [6, 6.07) is 10.5. The van der Waals surface area contributed by atoms with Crippen molar-refractivity contribution >= 4 is 11.9 Å². The predicted molar refractivity (Wildman–Crippen MR) is 98.9 cm³/mol. The average molecular weight is 330 g/mol. The molecule has 0 atom stereocenters. The van der Waals surface area contributed by atoms with E-state index in [-0.39, 0.29) is 5.91 Å². The van der Waals surface area contributed by atoms with Gasteiger partial charge in [-0.2, -0.15) is 0 Å². The highest BCUT2D eigenvalue weighted by atomic mass is 16.1. The van der Waals surface area contributed by atoms with E-state index in [1.54, 1.807) is 0 Å². The third-order valence-corrected chi connectivity index (χ3v) is 4.22. The molecule has 1 aromatic rings. The monoisotopic (exact) mass is 330 g/mol. The van der Waals surface area contributed by atoms with Crippen LogP contribution >= 0.6 is 0 Å². The first-order chi connectivity index (χ1) is 11.8. The van der Waals surface area contributed by atoms with Crippen LogP contribution in [0.5, 0.6) is 0 Å². The molecule has 1 aliphatic carbocycles. The Hall–Kier alpha value is -2.04. The molecule has 0 spiro atoms. The number of carbonyl (C=O) groups excluding carboxylic acids is 1. The Morgan fingerprint density at radius 3 is 2.58 bits per heavy atom. The SMILES string of the molecule is CCNC(=NCc1ccccc1)NCCC(=O)NC1CCCCC1. The van der Waals surface area contributed by atoms with Gasteiger partial charge in [-0.1, -0.05) is 49.6 Å². The van der Waals surface area contributed by atoms with E-state index in [2.05, 4.69) is 33.1 Å². The van der Waals surface area contributed by atoms with Gasteiger partial charge in [0.1, 0.15) is 0 Å². The Labute approximate surface area is 145 Å². The van der Waals surface area contributed by atoms with Crippen molar-refractivity contribution in [1.82, 2.24) is 16.0 Å². The van der Waals surface area contributed by atoms with E-state index in [1.807, 2.05) is 25.1 Å². The third-order valence-electron chi connectivity index (χ3n) is 4.22. The highest BCUT2D eigenvalue weighted by molar-refractivity contribution is 5.81. The zero-order valence-electron chi connectivity index (χ0n) is 14.7. The van der Waals surface area contributed by atoms with E-state index in [4.69, 9.17) is 0 Å². The molecular weight excluding hydrogens is 300 g/mol. The molecule has 5 nitrogen and oxygen atoms in total. The van der Waals surface area contributed by atoms with Gasteiger partial charge in [0, 0.05) is 25.6 Å². The summed E-state index contributed by atoms with van der Waals surface area (Å²) in [6.45, 7) is 4.06. The summed E-state index contributed by atoms with van der Waals surface area (Å²) < 4.78 is 0. The van der Waals surface area contributed by atoms with Crippen molar-refractivity contribution in [2.24, 2.45) is 4.99 Å². The van der Waals surface area contributed by atoms with E-state index < -0.39 is 0 Å². The van der Waals surface area contributed by atoms with Crippen molar-refractivity contribution in [3.8, 4) is 0 Å². The quantitative estimate of drug-likeness (QED) is 0.532. The van der Waals surface area contributed by atoms with E-state index in [9.17, 15) is 4.79 Å². The largest absolute Gasteiger partial charge is 0.357 e. The van der Waals surface area contributed by atoms with E-state index >= 15 is 0 Å². The molecule has 5 heteroatoms. The molecule has 0 radical (unpaired) electrons. The number of benzene rings is 1. The summed E-state index contributed by atoms with van der Waals surface area (Å²) in [6.07, 6.45) is 6.50. The van der Waals surface area contributed by atoms with Crippen LogP contribution in [0.15, 0.2) is 35.3 Å². The fraction of sp³-hybridized carbons (Fsp3) is 0.579. The Balaban J connectivity index is 1.71. The lowest BCUT2D eigenvalue weighted by molar-refractivity contribution is -0.121. The molecule has 1 aromatic carbocycles. The van der Waals surface area contributed by atoms with E-state index in [1.165, 1.54) is 24.8 Å². The number of carbonyl (C=O) groups is 1. The Kier molecular flexibility index (Phi) is 8.15. The fourth-order valence-electron chi connectivity index (χ4n) is 2.94. The maximum Gasteiger partial charge on any atom is 0.221 e. The maximum absolute atomic E-state index is 12.0. The van der Waals surface area contributed by atoms with Crippen molar-refractivity contribution in [1.29, 1.82) is 0 Å². The van der Waals surface area contributed by atoms with Gasteiger partial charge in [-0.25, -0.2) is 4.99 Å². The Morgan fingerprint density at radius 2 is 1.88 bits per heavy atom. The van der Waals surface area contributed by atoms with Gasteiger partial charge in [-0.15, -0.1) is 0 Å². The molecule has 1 fully saturated rings. The van der Waals surface area contributed by atoms with Crippen LogP contribution in [-0.2, 0) is 11.3 Å². The van der Waals surface area contributed by atoms with Crippen LogP contribution in [0.1, 0.15) is 51.0 Å². The number of aliphatic imine (C=N–C) groups is 1. The number of rotatable bonds is 7. The molecule has 0 aliphatic heterocycles.